The maximum Gasteiger partial charge on any atom is 0.305 e. The molecule has 512 valence electrons. The van der Waals surface area contributed by atoms with E-state index in [1.165, 1.54) is 4.90 Å². The zero-order valence-corrected chi connectivity index (χ0v) is 54.5. The van der Waals surface area contributed by atoms with Crippen molar-refractivity contribution in [3.05, 3.63) is 71.8 Å². The first-order valence-electron chi connectivity index (χ1n) is 31.8. The number of unbranched alkanes of at least 4 members (excludes halogenated alkanes) is 1. The van der Waals surface area contributed by atoms with Crippen molar-refractivity contribution in [2.24, 2.45) is 23.5 Å². The van der Waals surface area contributed by atoms with Crippen molar-refractivity contribution in [1.82, 2.24) is 52.8 Å². The molecular formula is C64H93N11O17S. The summed E-state index contributed by atoms with van der Waals surface area (Å²) in [6, 6.07) is 2.56. The highest BCUT2D eigenvalue weighted by atomic mass is 32.1. The molecule has 0 aromatic heterocycles. The quantitative estimate of drug-likeness (QED) is 0.0421. The number of carboxylic acid groups (broad SMARTS) is 3. The molecule has 0 radical (unpaired) electrons. The monoisotopic (exact) mass is 1320 g/mol. The van der Waals surface area contributed by atoms with Crippen LogP contribution in [0.4, 0.5) is 0 Å². The molecule has 2 aromatic rings. The molecule has 29 heteroatoms. The van der Waals surface area contributed by atoms with Crippen LogP contribution in [0.2, 0.25) is 0 Å². The number of nitrogens with two attached hydrogens (primary N) is 1. The smallest absolute Gasteiger partial charge is 0.305 e. The number of nitrogens with one attached hydrogen (secondary N) is 9. The zero-order chi connectivity index (χ0) is 69.1. The van der Waals surface area contributed by atoms with Crippen molar-refractivity contribution in [3.8, 4) is 0 Å². The van der Waals surface area contributed by atoms with Gasteiger partial charge in [0.05, 0.1) is 12.8 Å². The van der Waals surface area contributed by atoms with E-state index in [9.17, 15) is 72.9 Å². The third-order valence-electron chi connectivity index (χ3n) is 16.7. The molecule has 1 saturated carbocycles. The molecule has 0 bridgehead atoms. The Morgan fingerprint density at radius 1 is 0.538 bits per heavy atom. The number of nitrogens with zero attached hydrogens (tertiary/aromatic N) is 1. The van der Waals surface area contributed by atoms with Crippen LogP contribution in [0.1, 0.15) is 161 Å². The molecule has 1 saturated heterocycles. The molecule has 0 unspecified atom stereocenters. The van der Waals surface area contributed by atoms with Crippen LogP contribution in [0.25, 0.3) is 0 Å². The van der Waals surface area contributed by atoms with E-state index in [4.69, 9.17) is 5.73 Å². The van der Waals surface area contributed by atoms with E-state index in [0.29, 0.717) is 43.2 Å². The third-order valence-corrected chi connectivity index (χ3v) is 17.1. The molecule has 1 aliphatic heterocycles. The number of rotatable bonds is 38. The fourth-order valence-electron chi connectivity index (χ4n) is 11.5. The Hall–Kier alpha value is -8.63. The van der Waals surface area contributed by atoms with Gasteiger partial charge in [-0.2, -0.15) is 12.6 Å². The Labute approximate surface area is 546 Å². The van der Waals surface area contributed by atoms with E-state index in [0.717, 1.165) is 26.2 Å². The predicted octanol–water partition coefficient (Wildman–Crippen LogP) is 1.28. The van der Waals surface area contributed by atoms with Gasteiger partial charge in [0.2, 0.25) is 65.0 Å². The lowest BCUT2D eigenvalue weighted by molar-refractivity contribution is -0.143. The van der Waals surface area contributed by atoms with Gasteiger partial charge in [-0.15, -0.1) is 0 Å². The van der Waals surface area contributed by atoms with Gasteiger partial charge >= 0.3 is 17.9 Å². The third kappa shape index (κ3) is 24.4. The highest BCUT2D eigenvalue weighted by Crippen LogP contribution is 2.31. The first kappa shape index (κ1) is 76.8. The summed E-state index contributed by atoms with van der Waals surface area (Å²) < 4.78 is 0. The second-order valence-electron chi connectivity index (χ2n) is 24.2. The highest BCUT2D eigenvalue weighted by Gasteiger charge is 2.43. The molecule has 93 heavy (non-hydrogen) atoms. The van der Waals surface area contributed by atoms with E-state index in [1.54, 1.807) is 88.4 Å². The van der Waals surface area contributed by atoms with Crippen LogP contribution >= 0.6 is 12.6 Å². The number of carboxylic acids is 3. The van der Waals surface area contributed by atoms with Crippen LogP contribution in [0.15, 0.2) is 60.7 Å². The van der Waals surface area contributed by atoms with Gasteiger partial charge in [0.15, 0.2) is 0 Å². The Kier molecular flexibility index (Phi) is 31.7. The number of benzene rings is 2. The zero-order valence-electron chi connectivity index (χ0n) is 53.6. The first-order valence-corrected chi connectivity index (χ1v) is 32.4. The number of carbonyl (C=O) groups excluding carboxylic acids is 11. The summed E-state index contributed by atoms with van der Waals surface area (Å²) in [6.07, 6.45) is 2.97. The Morgan fingerprint density at radius 2 is 1.01 bits per heavy atom. The van der Waals surface area contributed by atoms with Crippen LogP contribution < -0.4 is 53.6 Å². The molecule has 2 aromatic carbocycles. The second-order valence-corrected chi connectivity index (χ2v) is 24.6. The van der Waals surface area contributed by atoms with Crippen molar-refractivity contribution in [2.75, 3.05) is 12.3 Å². The van der Waals surface area contributed by atoms with Gasteiger partial charge in [0.1, 0.15) is 60.4 Å². The number of aliphatic carboxylic acids is 3. The van der Waals surface area contributed by atoms with Gasteiger partial charge in [-0.25, -0.2) is 0 Å². The SMILES string of the molecule is CCCC[C@H](NC(=O)[C@H]1CCCN1C(=O)[C@H](CS)NC(=O)[C@H](CC1CCCCC1)NC(=O)[C@@H](NC(=O)[C@@H](NC(=O)[C@H](CCC(=O)O)NC(=O)[C@H](CC(=O)O)NC(C)=O)C(c1ccccc1)c1ccccc1)[C@H](C)CC)C(=O)N[C@@H](CC(=O)O)C(=O)N[C@H](C(N)=O)C(C)C. The second kappa shape index (κ2) is 38.4. The van der Waals surface area contributed by atoms with Crippen LogP contribution in [-0.4, -0.2) is 176 Å². The minimum Gasteiger partial charge on any atom is -0.481 e. The number of hydrogen-bond acceptors (Lipinski definition) is 15. The fraction of sp³-hybridized carbons (Fsp3) is 0.594. The van der Waals surface area contributed by atoms with Gasteiger partial charge in [-0.1, -0.05) is 147 Å². The van der Waals surface area contributed by atoms with E-state index < -0.39 is 187 Å². The Balaban J connectivity index is 1.67. The van der Waals surface area contributed by atoms with Crippen LogP contribution in [0, 0.1) is 17.8 Å². The summed E-state index contributed by atoms with van der Waals surface area (Å²) in [4.78, 5) is 190. The van der Waals surface area contributed by atoms with Crippen molar-refractivity contribution in [2.45, 2.75) is 211 Å². The highest BCUT2D eigenvalue weighted by molar-refractivity contribution is 7.80. The molecule has 4 rings (SSSR count). The molecule has 1 heterocycles. The summed E-state index contributed by atoms with van der Waals surface area (Å²) >= 11 is 4.45. The molecule has 2 aliphatic rings. The number of hydrogen-bond donors (Lipinski definition) is 14. The lowest BCUT2D eigenvalue weighted by Gasteiger charge is -2.34. The van der Waals surface area contributed by atoms with E-state index in [1.807, 2.05) is 6.92 Å². The van der Waals surface area contributed by atoms with Crippen LogP contribution in [-0.2, 0) is 67.1 Å². The number of thiol groups is 1. The number of likely N-dealkylation sites (tertiary alicyclic amines) is 1. The van der Waals surface area contributed by atoms with Crippen LogP contribution in [0.3, 0.4) is 0 Å². The molecule has 28 nitrogen and oxygen atoms in total. The summed E-state index contributed by atoms with van der Waals surface area (Å²) in [5, 5.41) is 52.1. The normalized spacial score (nSPS) is 17.2. The lowest BCUT2D eigenvalue weighted by atomic mass is 9.83. The molecule has 0 spiro atoms. The Bertz CT molecular complexity index is 2880. The average Bonchev–Trinajstić information content (AvgIpc) is 1.53. The maximum absolute atomic E-state index is 15.3. The molecule has 14 N–H and O–H groups in total. The number of amides is 11. The minimum absolute atomic E-state index is 0.0513. The summed E-state index contributed by atoms with van der Waals surface area (Å²) in [5.41, 5.74) is 6.46. The van der Waals surface area contributed by atoms with E-state index in [-0.39, 0.29) is 43.9 Å². The van der Waals surface area contributed by atoms with Gasteiger partial charge in [0, 0.05) is 31.6 Å². The predicted molar refractivity (Wildman–Crippen MR) is 342 cm³/mol. The summed E-state index contributed by atoms with van der Waals surface area (Å²) in [7, 11) is 0. The van der Waals surface area contributed by atoms with Crippen molar-refractivity contribution < 1.29 is 82.4 Å². The molecule has 1 aliphatic carbocycles. The fourth-order valence-corrected chi connectivity index (χ4v) is 11.7. The molecule has 2 fully saturated rings. The van der Waals surface area contributed by atoms with E-state index >= 15 is 9.59 Å². The Morgan fingerprint density at radius 3 is 1.53 bits per heavy atom. The summed E-state index contributed by atoms with van der Waals surface area (Å²) in [5.74, 6) is -16.5. The first-order chi connectivity index (χ1) is 44.1. The largest absolute Gasteiger partial charge is 0.481 e. The van der Waals surface area contributed by atoms with E-state index in [2.05, 4.69) is 60.5 Å². The molecule has 11 atom stereocenters. The minimum atomic E-state index is -1.72. The number of carbonyl (C=O) groups is 14. The van der Waals surface area contributed by atoms with Gasteiger partial charge in [-0.05, 0) is 61.0 Å². The van der Waals surface area contributed by atoms with Gasteiger partial charge in [0.25, 0.3) is 0 Å². The molecule has 11 amide bonds. The van der Waals surface area contributed by atoms with Gasteiger partial charge < -0.3 is 73.8 Å². The lowest BCUT2D eigenvalue weighted by Crippen LogP contribution is -2.62. The van der Waals surface area contributed by atoms with Crippen molar-refractivity contribution >= 4 is 95.5 Å². The number of primary amides is 1. The van der Waals surface area contributed by atoms with Crippen LogP contribution in [0.5, 0.6) is 0 Å². The topological polar surface area (TPSA) is 437 Å². The van der Waals surface area contributed by atoms with Gasteiger partial charge in [-0.3, -0.25) is 67.1 Å². The van der Waals surface area contributed by atoms with Crippen molar-refractivity contribution in [1.29, 1.82) is 0 Å². The average molecular weight is 1320 g/mol. The standard InChI is InChI=1S/C64H93N11O17S/c1-7-9-26-41(56(84)69-45(33-50(81)82)60(88)72-52(35(3)4)55(65)83)68-61(89)47-27-19-30-75(47)64(92)46(34-93)71-58(86)43(31-38-20-13-10-14-21-38)70-62(90)53(36(5)8-2)73-63(91)54(51(39-22-15-11-16-23-39)40-24-17-12-18-25-40)74-57(85)42(28-29-48(77)78)67-59(87)44(32-49(79)80)66-37(6)76/h11-12,15-18,22-25,35-36,38,41-47,51-54,93H,7-10,13-14,19-21,26-34H2,1-6H3,(H2,65,83)(H,66,76)(H,67,87)(H,68,89)(H,69,84)(H,70,90)(H,71,86)(H,72,88)(H,73,91)(H,74,85)(H,77,78)(H,79,80)(H,81,82)/t36-,41+,42+,43+,44+,45+,46+,47-,52+,53+,54+/m1/s1. The molecular weight excluding hydrogens is 1230 g/mol. The maximum atomic E-state index is 15.3. The van der Waals surface area contributed by atoms with Crippen molar-refractivity contribution in [3.63, 3.8) is 0 Å². The summed E-state index contributed by atoms with van der Waals surface area (Å²) in [6.45, 7) is 9.59.